The lowest BCUT2D eigenvalue weighted by Gasteiger charge is -2.07. The van der Waals surface area contributed by atoms with E-state index in [9.17, 15) is 4.79 Å². The van der Waals surface area contributed by atoms with Crippen molar-refractivity contribution in [1.82, 2.24) is 9.97 Å². The first-order chi connectivity index (χ1) is 7.04. The van der Waals surface area contributed by atoms with Crippen LogP contribution in [-0.2, 0) is 11.2 Å². The maximum absolute atomic E-state index is 10.3. The zero-order valence-corrected chi connectivity index (χ0v) is 9.21. The Labute approximate surface area is 92.1 Å². The molecule has 0 spiro atoms. The van der Waals surface area contributed by atoms with Crippen molar-refractivity contribution in [2.24, 2.45) is 0 Å². The summed E-state index contributed by atoms with van der Waals surface area (Å²) in [6.45, 7) is 3.15. The van der Waals surface area contributed by atoms with Gasteiger partial charge in [0, 0.05) is 6.42 Å². The van der Waals surface area contributed by atoms with E-state index >= 15 is 0 Å². The molecular weight excluding hydrogens is 220 g/mol. The Morgan fingerprint density at radius 2 is 2.20 bits per heavy atom. The smallest absolute Gasteiger partial charge is 0.341 e. The molecule has 0 aliphatic heterocycles. The number of halogens is 1. The summed E-state index contributed by atoms with van der Waals surface area (Å²) in [5.41, 5.74) is 0.587. The van der Waals surface area contributed by atoms with Crippen molar-refractivity contribution in [3.8, 4) is 5.88 Å². The van der Waals surface area contributed by atoms with E-state index in [1.165, 1.54) is 0 Å². The van der Waals surface area contributed by atoms with E-state index in [1.807, 2.05) is 6.92 Å². The molecule has 15 heavy (non-hydrogen) atoms. The minimum atomic E-state index is -1.07. The van der Waals surface area contributed by atoms with Gasteiger partial charge in [-0.2, -0.15) is 4.98 Å². The van der Waals surface area contributed by atoms with Crippen LogP contribution in [0.2, 0.25) is 5.02 Å². The number of hydrogen-bond donors (Lipinski definition) is 1. The van der Waals surface area contributed by atoms with Gasteiger partial charge in [0.15, 0.2) is 6.61 Å². The number of nitrogens with zero attached hydrogens (tertiary/aromatic N) is 2. The summed E-state index contributed by atoms with van der Waals surface area (Å²) < 4.78 is 4.94. The second kappa shape index (κ2) is 4.93. The number of carbonyl (C=O) groups is 1. The Morgan fingerprint density at radius 1 is 1.53 bits per heavy atom. The van der Waals surface area contributed by atoms with Crippen molar-refractivity contribution in [2.75, 3.05) is 6.61 Å². The summed E-state index contributed by atoms with van der Waals surface area (Å²) in [5, 5.41) is 8.71. The lowest BCUT2D eigenvalue weighted by Crippen LogP contribution is -2.12. The van der Waals surface area contributed by atoms with Crippen LogP contribution in [0.4, 0.5) is 0 Å². The lowest BCUT2D eigenvalue weighted by molar-refractivity contribution is -0.139. The van der Waals surface area contributed by atoms with Crippen LogP contribution in [0.5, 0.6) is 5.88 Å². The number of aliphatic carboxylic acids is 1. The number of aryl methyl sites for hydroxylation is 2. The molecular formula is C9H11ClN2O3. The number of ether oxygens (including phenoxy) is 1. The van der Waals surface area contributed by atoms with Crippen LogP contribution in [-0.4, -0.2) is 27.7 Å². The van der Waals surface area contributed by atoms with E-state index in [0.717, 1.165) is 0 Å². The normalized spacial score (nSPS) is 10.1. The van der Waals surface area contributed by atoms with Gasteiger partial charge >= 0.3 is 5.97 Å². The minimum Gasteiger partial charge on any atom is -0.479 e. The molecule has 1 aromatic heterocycles. The second-order valence-electron chi connectivity index (χ2n) is 2.88. The highest BCUT2D eigenvalue weighted by atomic mass is 35.5. The quantitative estimate of drug-likeness (QED) is 0.848. The number of rotatable bonds is 4. The molecule has 0 saturated carbocycles. The lowest BCUT2D eigenvalue weighted by atomic mass is 10.4. The van der Waals surface area contributed by atoms with E-state index < -0.39 is 12.6 Å². The van der Waals surface area contributed by atoms with Crippen LogP contribution < -0.4 is 4.74 Å². The zero-order valence-electron chi connectivity index (χ0n) is 8.45. The van der Waals surface area contributed by atoms with Crippen molar-refractivity contribution in [2.45, 2.75) is 20.3 Å². The maximum Gasteiger partial charge on any atom is 0.341 e. The fourth-order valence-electron chi connectivity index (χ4n) is 0.973. The Balaban J connectivity index is 2.94. The topological polar surface area (TPSA) is 72.3 Å². The van der Waals surface area contributed by atoms with Crippen molar-refractivity contribution in [1.29, 1.82) is 0 Å². The predicted octanol–water partition coefficient (Wildman–Crippen LogP) is 1.46. The van der Waals surface area contributed by atoms with E-state index in [2.05, 4.69) is 9.97 Å². The fourth-order valence-corrected chi connectivity index (χ4v) is 1.11. The Kier molecular flexibility index (Phi) is 3.85. The molecule has 0 bridgehead atoms. The predicted molar refractivity (Wildman–Crippen MR) is 54.3 cm³/mol. The van der Waals surface area contributed by atoms with Crippen molar-refractivity contribution in [3.05, 3.63) is 16.5 Å². The highest BCUT2D eigenvalue weighted by Crippen LogP contribution is 2.24. The summed E-state index contributed by atoms with van der Waals surface area (Å²) in [6, 6.07) is 0. The Morgan fingerprint density at radius 3 is 2.73 bits per heavy atom. The van der Waals surface area contributed by atoms with Gasteiger partial charge in [-0.15, -0.1) is 0 Å². The van der Waals surface area contributed by atoms with Crippen molar-refractivity contribution < 1.29 is 14.6 Å². The minimum absolute atomic E-state index is 0.128. The van der Waals surface area contributed by atoms with E-state index in [0.29, 0.717) is 17.9 Å². The Bertz CT molecular complexity index is 382. The van der Waals surface area contributed by atoms with Gasteiger partial charge < -0.3 is 9.84 Å². The molecule has 0 fully saturated rings. The standard InChI is InChI=1S/C9H11ClN2O3/c1-3-6-11-5(2)8(10)9(12-6)15-4-7(13)14/h3-4H2,1-2H3,(H,13,14). The molecule has 0 aliphatic rings. The molecule has 0 atom stereocenters. The first kappa shape index (κ1) is 11.7. The highest BCUT2D eigenvalue weighted by Gasteiger charge is 2.11. The van der Waals surface area contributed by atoms with Crippen LogP contribution >= 0.6 is 11.6 Å². The third kappa shape index (κ3) is 3.06. The van der Waals surface area contributed by atoms with Gasteiger partial charge in [-0.05, 0) is 6.92 Å². The number of carboxylic acids is 1. The SMILES string of the molecule is CCc1nc(C)c(Cl)c(OCC(=O)O)n1. The van der Waals surface area contributed by atoms with Gasteiger partial charge in [-0.25, -0.2) is 9.78 Å². The third-order valence-corrected chi connectivity index (χ3v) is 2.12. The molecule has 5 nitrogen and oxygen atoms in total. The van der Waals surface area contributed by atoms with Crippen LogP contribution in [0, 0.1) is 6.92 Å². The van der Waals surface area contributed by atoms with Gasteiger partial charge in [0.2, 0.25) is 5.88 Å². The molecule has 0 aliphatic carbocycles. The summed E-state index contributed by atoms with van der Waals surface area (Å²) in [5.74, 6) is -0.360. The molecule has 0 aromatic carbocycles. The average molecular weight is 231 g/mol. The van der Waals surface area contributed by atoms with Crippen molar-refractivity contribution in [3.63, 3.8) is 0 Å². The van der Waals surface area contributed by atoms with E-state index in [-0.39, 0.29) is 10.9 Å². The van der Waals surface area contributed by atoms with Crippen LogP contribution in [0.3, 0.4) is 0 Å². The maximum atomic E-state index is 10.3. The summed E-state index contributed by atoms with van der Waals surface area (Å²) >= 11 is 5.86. The summed E-state index contributed by atoms with van der Waals surface area (Å²) in [7, 11) is 0. The van der Waals surface area contributed by atoms with E-state index in [1.54, 1.807) is 6.92 Å². The molecule has 0 saturated heterocycles. The summed E-state index contributed by atoms with van der Waals surface area (Å²) in [6.07, 6.45) is 0.640. The number of aromatic nitrogens is 2. The van der Waals surface area contributed by atoms with Crippen molar-refractivity contribution >= 4 is 17.6 Å². The first-order valence-electron chi connectivity index (χ1n) is 4.42. The summed E-state index contributed by atoms with van der Waals surface area (Å²) in [4.78, 5) is 18.4. The second-order valence-corrected chi connectivity index (χ2v) is 3.26. The van der Waals surface area contributed by atoms with Gasteiger partial charge in [-0.3, -0.25) is 0 Å². The highest BCUT2D eigenvalue weighted by molar-refractivity contribution is 6.32. The third-order valence-electron chi connectivity index (χ3n) is 1.68. The van der Waals surface area contributed by atoms with Crippen LogP contribution in [0.15, 0.2) is 0 Å². The van der Waals surface area contributed by atoms with Gasteiger partial charge in [0.05, 0.1) is 5.69 Å². The molecule has 6 heteroatoms. The average Bonchev–Trinajstić information content (AvgIpc) is 2.19. The number of hydrogen-bond acceptors (Lipinski definition) is 4. The van der Waals surface area contributed by atoms with Crippen LogP contribution in [0.25, 0.3) is 0 Å². The van der Waals surface area contributed by atoms with Crippen LogP contribution in [0.1, 0.15) is 18.4 Å². The Hall–Kier alpha value is -1.36. The van der Waals surface area contributed by atoms with Gasteiger partial charge in [-0.1, -0.05) is 18.5 Å². The number of carboxylic acid groups (broad SMARTS) is 1. The largest absolute Gasteiger partial charge is 0.479 e. The molecule has 0 unspecified atom stereocenters. The fraction of sp³-hybridized carbons (Fsp3) is 0.444. The molecule has 0 radical (unpaired) electrons. The molecule has 1 rings (SSSR count). The molecule has 1 heterocycles. The monoisotopic (exact) mass is 230 g/mol. The molecule has 1 N–H and O–H groups in total. The van der Waals surface area contributed by atoms with Gasteiger partial charge in [0.1, 0.15) is 10.8 Å². The zero-order chi connectivity index (χ0) is 11.4. The van der Waals surface area contributed by atoms with E-state index in [4.69, 9.17) is 21.4 Å². The van der Waals surface area contributed by atoms with Gasteiger partial charge in [0.25, 0.3) is 0 Å². The molecule has 82 valence electrons. The first-order valence-corrected chi connectivity index (χ1v) is 4.80. The molecule has 1 aromatic rings. The molecule has 0 amide bonds.